The van der Waals surface area contributed by atoms with Crippen molar-refractivity contribution in [1.29, 1.82) is 0 Å². The summed E-state index contributed by atoms with van der Waals surface area (Å²) in [6, 6.07) is 8.41. The fourth-order valence-corrected chi connectivity index (χ4v) is 2.88. The molecule has 17 heavy (non-hydrogen) atoms. The van der Waals surface area contributed by atoms with E-state index in [4.69, 9.17) is 10.5 Å². The Labute approximate surface area is 104 Å². The number of methoxy groups -OCH3 is 1. The fraction of sp³-hybridized carbons (Fsp3) is 0.600. The number of rotatable bonds is 4. The van der Waals surface area contributed by atoms with Crippen LogP contribution in [0, 0.1) is 11.8 Å². The number of ether oxygens (including phenoxy) is 1. The lowest BCUT2D eigenvalue weighted by Crippen LogP contribution is -2.48. The normalized spacial score (nSPS) is 27.9. The maximum atomic E-state index is 6.00. The van der Waals surface area contributed by atoms with Crippen molar-refractivity contribution in [1.82, 2.24) is 0 Å². The third kappa shape index (κ3) is 2.19. The SMILES string of the molecule is COc1ccc(C2(CN)CC(C(C)C)C2)cc1. The van der Waals surface area contributed by atoms with Crippen LogP contribution >= 0.6 is 0 Å². The van der Waals surface area contributed by atoms with Crippen LogP contribution in [-0.2, 0) is 5.41 Å². The summed E-state index contributed by atoms with van der Waals surface area (Å²) in [5, 5.41) is 0. The number of nitrogens with two attached hydrogens (primary N) is 1. The third-order valence-corrected chi connectivity index (χ3v) is 4.34. The zero-order valence-corrected chi connectivity index (χ0v) is 11.1. The maximum absolute atomic E-state index is 6.00. The predicted molar refractivity (Wildman–Crippen MR) is 71.3 cm³/mol. The Bertz CT molecular complexity index is 363. The van der Waals surface area contributed by atoms with Crippen LogP contribution in [0.1, 0.15) is 32.3 Å². The van der Waals surface area contributed by atoms with Gasteiger partial charge in [0.15, 0.2) is 0 Å². The summed E-state index contributed by atoms with van der Waals surface area (Å²) in [7, 11) is 1.70. The molecule has 0 saturated heterocycles. The highest BCUT2D eigenvalue weighted by Crippen LogP contribution is 2.50. The van der Waals surface area contributed by atoms with Crippen molar-refractivity contribution >= 4 is 0 Å². The van der Waals surface area contributed by atoms with Gasteiger partial charge in [0, 0.05) is 12.0 Å². The molecule has 94 valence electrons. The highest BCUT2D eigenvalue weighted by atomic mass is 16.5. The molecule has 0 spiro atoms. The smallest absolute Gasteiger partial charge is 0.118 e. The van der Waals surface area contributed by atoms with Gasteiger partial charge in [-0.2, -0.15) is 0 Å². The second-order valence-corrected chi connectivity index (χ2v) is 5.63. The van der Waals surface area contributed by atoms with E-state index in [-0.39, 0.29) is 5.41 Å². The Morgan fingerprint density at radius 1 is 1.29 bits per heavy atom. The lowest BCUT2D eigenvalue weighted by atomic mass is 9.56. The first-order chi connectivity index (χ1) is 8.11. The third-order valence-electron chi connectivity index (χ3n) is 4.34. The number of hydrogen-bond donors (Lipinski definition) is 1. The molecule has 0 atom stereocenters. The van der Waals surface area contributed by atoms with Gasteiger partial charge in [-0.25, -0.2) is 0 Å². The number of benzene rings is 1. The Morgan fingerprint density at radius 2 is 1.88 bits per heavy atom. The molecule has 2 rings (SSSR count). The van der Waals surface area contributed by atoms with Gasteiger partial charge in [-0.1, -0.05) is 26.0 Å². The van der Waals surface area contributed by atoms with Crippen molar-refractivity contribution in [3.63, 3.8) is 0 Å². The molecule has 0 heterocycles. The Balaban J connectivity index is 2.14. The topological polar surface area (TPSA) is 35.2 Å². The molecule has 0 unspecified atom stereocenters. The lowest BCUT2D eigenvalue weighted by Gasteiger charge is -2.49. The van der Waals surface area contributed by atoms with Crippen molar-refractivity contribution in [3.05, 3.63) is 29.8 Å². The molecular formula is C15H23NO. The molecule has 1 saturated carbocycles. The van der Waals surface area contributed by atoms with Gasteiger partial charge in [0.1, 0.15) is 5.75 Å². The lowest BCUT2D eigenvalue weighted by molar-refractivity contribution is 0.106. The highest BCUT2D eigenvalue weighted by molar-refractivity contribution is 5.35. The maximum Gasteiger partial charge on any atom is 0.118 e. The predicted octanol–water partition coefficient (Wildman–Crippen LogP) is 2.96. The Kier molecular flexibility index (Phi) is 3.43. The summed E-state index contributed by atoms with van der Waals surface area (Å²) >= 11 is 0. The average molecular weight is 233 g/mol. The molecule has 1 aliphatic carbocycles. The van der Waals surface area contributed by atoms with E-state index in [0.717, 1.165) is 24.1 Å². The van der Waals surface area contributed by atoms with Crippen molar-refractivity contribution in [3.8, 4) is 5.75 Å². The van der Waals surface area contributed by atoms with Crippen LogP contribution in [0.25, 0.3) is 0 Å². The van der Waals surface area contributed by atoms with Crippen molar-refractivity contribution in [2.45, 2.75) is 32.1 Å². The molecule has 1 aromatic rings. The van der Waals surface area contributed by atoms with E-state index in [2.05, 4.69) is 26.0 Å². The molecule has 0 aromatic heterocycles. The van der Waals surface area contributed by atoms with Crippen molar-refractivity contribution in [2.24, 2.45) is 17.6 Å². The monoisotopic (exact) mass is 233 g/mol. The summed E-state index contributed by atoms with van der Waals surface area (Å²) in [4.78, 5) is 0. The van der Waals surface area contributed by atoms with E-state index in [1.165, 1.54) is 18.4 Å². The Morgan fingerprint density at radius 3 is 2.29 bits per heavy atom. The van der Waals surface area contributed by atoms with Gasteiger partial charge in [-0.15, -0.1) is 0 Å². The summed E-state index contributed by atoms with van der Waals surface area (Å²) in [6.45, 7) is 5.36. The molecule has 2 N–H and O–H groups in total. The minimum Gasteiger partial charge on any atom is -0.497 e. The van der Waals surface area contributed by atoms with Crippen LogP contribution in [0.15, 0.2) is 24.3 Å². The van der Waals surface area contributed by atoms with Gasteiger partial charge in [0.05, 0.1) is 7.11 Å². The fourth-order valence-electron chi connectivity index (χ4n) is 2.88. The molecule has 2 nitrogen and oxygen atoms in total. The van der Waals surface area contributed by atoms with E-state index in [0.29, 0.717) is 0 Å². The first-order valence-corrected chi connectivity index (χ1v) is 6.46. The minimum absolute atomic E-state index is 0.223. The van der Waals surface area contributed by atoms with Crippen LogP contribution in [0.3, 0.4) is 0 Å². The molecule has 2 heteroatoms. The van der Waals surface area contributed by atoms with Gasteiger partial charge < -0.3 is 10.5 Å². The van der Waals surface area contributed by atoms with Gasteiger partial charge >= 0.3 is 0 Å². The second-order valence-electron chi connectivity index (χ2n) is 5.63. The van der Waals surface area contributed by atoms with Gasteiger partial charge in [0.2, 0.25) is 0 Å². The van der Waals surface area contributed by atoms with Gasteiger partial charge in [-0.3, -0.25) is 0 Å². The molecule has 0 amide bonds. The van der Waals surface area contributed by atoms with E-state index >= 15 is 0 Å². The van der Waals surface area contributed by atoms with Crippen LogP contribution in [-0.4, -0.2) is 13.7 Å². The Hall–Kier alpha value is -1.02. The summed E-state index contributed by atoms with van der Waals surface area (Å²) < 4.78 is 5.20. The van der Waals surface area contributed by atoms with E-state index in [1.807, 2.05) is 12.1 Å². The zero-order chi connectivity index (χ0) is 12.5. The van der Waals surface area contributed by atoms with Crippen LogP contribution in [0.4, 0.5) is 0 Å². The molecule has 0 radical (unpaired) electrons. The van der Waals surface area contributed by atoms with Crippen molar-refractivity contribution < 1.29 is 4.74 Å². The summed E-state index contributed by atoms with van der Waals surface area (Å²) in [5.74, 6) is 2.52. The van der Waals surface area contributed by atoms with E-state index in [1.54, 1.807) is 7.11 Å². The summed E-state index contributed by atoms with van der Waals surface area (Å²) in [5.41, 5.74) is 7.60. The van der Waals surface area contributed by atoms with E-state index in [9.17, 15) is 0 Å². The largest absolute Gasteiger partial charge is 0.497 e. The average Bonchev–Trinajstić information content (AvgIpc) is 2.29. The molecule has 1 fully saturated rings. The number of hydrogen-bond acceptors (Lipinski definition) is 2. The molecule has 0 bridgehead atoms. The van der Waals surface area contributed by atoms with Crippen molar-refractivity contribution in [2.75, 3.05) is 13.7 Å². The molecule has 0 aliphatic heterocycles. The standard InChI is InChI=1S/C15H23NO/c1-11(2)12-8-15(9-12,10-16)13-4-6-14(17-3)7-5-13/h4-7,11-12H,8-10,16H2,1-3H3. The first kappa shape index (κ1) is 12.4. The van der Waals surface area contributed by atoms with E-state index < -0.39 is 0 Å². The highest BCUT2D eigenvalue weighted by Gasteiger charge is 2.45. The van der Waals surface area contributed by atoms with Crippen LogP contribution < -0.4 is 10.5 Å². The molecular weight excluding hydrogens is 210 g/mol. The summed E-state index contributed by atoms with van der Waals surface area (Å²) in [6.07, 6.45) is 2.46. The molecule has 1 aliphatic rings. The van der Waals surface area contributed by atoms with Crippen LogP contribution in [0.2, 0.25) is 0 Å². The molecule has 1 aromatic carbocycles. The zero-order valence-electron chi connectivity index (χ0n) is 11.1. The minimum atomic E-state index is 0.223. The quantitative estimate of drug-likeness (QED) is 0.867. The first-order valence-electron chi connectivity index (χ1n) is 6.46. The van der Waals surface area contributed by atoms with Gasteiger partial charge in [-0.05, 0) is 42.4 Å². The second kappa shape index (κ2) is 4.69. The van der Waals surface area contributed by atoms with Crippen LogP contribution in [0.5, 0.6) is 5.75 Å². The van der Waals surface area contributed by atoms with Gasteiger partial charge in [0.25, 0.3) is 0 Å².